The normalized spacial score (nSPS) is 13.3. The second-order valence-electron chi connectivity index (χ2n) is 30.4. The number of Topliss-reactive ketones (excluding diaryl/α,β-unsaturated/α-hetero) is 1. The largest absolute Gasteiger partial charge is 0.355 e. The second-order valence-corrected chi connectivity index (χ2v) is 30.4. The lowest BCUT2D eigenvalue weighted by molar-refractivity contribution is -0.129. The Hall–Kier alpha value is -2.60. The van der Waals surface area contributed by atoms with Crippen molar-refractivity contribution in [1.29, 1.82) is 0 Å². The van der Waals surface area contributed by atoms with Gasteiger partial charge in [-0.3, -0.25) is 38.4 Å². The Morgan fingerprint density at radius 2 is 0.569 bits per heavy atom. The van der Waals surface area contributed by atoms with Crippen molar-refractivity contribution in [3.05, 3.63) is 24.3 Å². The quantitative estimate of drug-likeness (QED) is 0.0199. The summed E-state index contributed by atoms with van der Waals surface area (Å²) in [6.45, 7) is 17.1. The van der Waals surface area contributed by atoms with Gasteiger partial charge >= 0.3 is 0 Å². The van der Waals surface area contributed by atoms with Crippen molar-refractivity contribution in [1.82, 2.24) is 52.3 Å². The number of carbonyl (C=O) groups excluding carboxylic acids is 8. The first-order valence-electron chi connectivity index (χ1n) is 43.7. The van der Waals surface area contributed by atoms with Crippen LogP contribution in [0, 0.1) is 0 Å². The van der Waals surface area contributed by atoms with Gasteiger partial charge in [-0.2, -0.15) is 0 Å². The van der Waals surface area contributed by atoms with Crippen LogP contribution in [-0.4, -0.2) is 192 Å². The van der Waals surface area contributed by atoms with E-state index < -0.39 is 36.3 Å². The molecule has 1 aliphatic rings. The molecule has 0 bridgehead atoms. The maximum absolute atomic E-state index is 13.4. The molecule has 7 amide bonds. The van der Waals surface area contributed by atoms with Gasteiger partial charge in [0.05, 0.1) is 30.2 Å². The number of nitrogens with zero attached hydrogens (tertiary/aromatic N) is 2. The summed E-state index contributed by atoms with van der Waals surface area (Å²) in [7, 11) is 2.00. The average molecular weight is 1820 g/mol. The lowest BCUT2D eigenvalue weighted by Crippen LogP contribution is -2.48. The highest BCUT2D eigenvalue weighted by atomic mass is 35.5. The lowest BCUT2D eigenvalue weighted by Gasteiger charge is -2.34. The molecule has 0 spiro atoms. The lowest BCUT2D eigenvalue weighted by atomic mass is 10.0. The molecule has 32 heteroatoms. The maximum Gasteiger partial charge on any atom is 0.242 e. The Bertz CT molecular complexity index is 2300. The molecule has 0 radical (unpaired) electrons. The number of piperazine rings is 1. The topological polar surface area (TPSA) is 395 Å². The Morgan fingerprint density at radius 3 is 0.879 bits per heavy atom. The molecule has 6 atom stereocenters. The fraction of sp³-hybridized carbons (Fsp3) is 0.857. The maximum atomic E-state index is 13.4. The van der Waals surface area contributed by atoms with E-state index in [2.05, 4.69) is 90.5 Å². The molecule has 24 nitrogen and oxygen atoms in total. The van der Waals surface area contributed by atoms with Crippen LogP contribution in [0.4, 0.5) is 0 Å². The third-order valence-electron chi connectivity index (χ3n) is 20.3. The van der Waals surface area contributed by atoms with Crippen LogP contribution < -0.4 is 76.9 Å². The van der Waals surface area contributed by atoms with Gasteiger partial charge < -0.3 is 86.7 Å². The van der Waals surface area contributed by atoms with Crippen molar-refractivity contribution in [2.45, 2.75) is 365 Å². The number of unbranched alkanes of at least 4 members (excludes halogenated alkanes) is 28. The smallest absolute Gasteiger partial charge is 0.242 e. The van der Waals surface area contributed by atoms with Gasteiger partial charge in [0.2, 0.25) is 41.4 Å². The number of nitrogens with one attached hydrogen (secondary N) is 8. The molecule has 0 saturated carbocycles. The molecule has 0 aromatic rings. The Kier molecular flexibility index (Phi) is 111. The van der Waals surface area contributed by atoms with Crippen molar-refractivity contribution in [2.75, 3.05) is 98.7 Å². The Morgan fingerprint density at radius 1 is 0.310 bits per heavy atom. The SMILES string of the molecule is CCCCCCCC/C=C\CCCCCCCC(=O)NC(CCCCNC(=O)C(N)CCCCNC(=O)C(N)CCCCN)C(=O)NCCCN1CCN(CCCNC)CC1.CCCCCCCC/C=C\CCCCCCCC(=O)NC(CCCCNC(=O)C(N)CCCCNC(=O)C(N)CCCCN)C(C)=O.Cl.Cl.Cl.Cl.Cl.Cl.Cl.Cl. The van der Waals surface area contributed by atoms with Gasteiger partial charge in [-0.05, 0) is 226 Å². The number of amides is 7. The molecule has 1 saturated heterocycles. The van der Waals surface area contributed by atoms with Crippen LogP contribution >= 0.6 is 99.3 Å². The van der Waals surface area contributed by atoms with E-state index in [4.69, 9.17) is 34.4 Å². The molecule has 1 heterocycles. The number of allylic oxidation sites excluding steroid dienone is 4. The van der Waals surface area contributed by atoms with Crippen molar-refractivity contribution in [2.24, 2.45) is 34.4 Å². The van der Waals surface area contributed by atoms with E-state index in [1.165, 1.54) is 129 Å². The van der Waals surface area contributed by atoms with Gasteiger partial charge in [0.25, 0.3) is 0 Å². The highest BCUT2D eigenvalue weighted by Crippen LogP contribution is 2.15. The molecule has 1 rings (SSSR count). The van der Waals surface area contributed by atoms with Gasteiger partial charge in [-0.15, -0.1) is 99.3 Å². The molecular formula is C84H174Cl8N16O8. The number of hydrogen-bond donors (Lipinski definition) is 14. The zero-order chi connectivity index (χ0) is 79.6. The molecule has 0 aliphatic carbocycles. The minimum atomic E-state index is -0.629. The standard InChI is InChI=1S/C47H94N10O4.C37H72N6O4.8ClH/c1-3-4-5-6-7-8-9-10-11-12-13-14-15-16-17-29-44(58)55-43(47(61)54-34-25-36-57-39-37-56(38-40-57)35-24-31-51-2)28-20-23-33-53-46(60)42(50)27-19-22-32-52-45(59)41(49)26-18-21-30-48;1-3-4-5-6-7-8-9-10-11-12-13-14-15-16-17-27-35(45)43-34(31(2)44)26-20-23-30-42-37(47)33(40)25-19-22-29-41-36(46)32(39)24-18-21-28-38;;;;;;;;/h10-11,41-43,51H,3-9,12-40,48-50H2,1-2H3,(H,52,59)(H,53,60)(H,54,61)(H,55,58);10-11,32-34H,3-9,12-30,38-40H2,1-2H3,(H,41,46)(H,42,47)(H,43,45);8*1H/b2*11-10-;;;;;;;;. The van der Waals surface area contributed by atoms with Crippen molar-refractivity contribution < 1.29 is 38.4 Å². The van der Waals surface area contributed by atoms with Crippen LogP contribution in [0.5, 0.6) is 0 Å². The highest BCUT2D eigenvalue weighted by Gasteiger charge is 2.23. The predicted octanol–water partition coefficient (Wildman–Crippen LogP) is 13.4. The summed E-state index contributed by atoms with van der Waals surface area (Å²) in [4.78, 5) is 105. The van der Waals surface area contributed by atoms with Gasteiger partial charge in [0.15, 0.2) is 5.78 Å². The number of ketones is 1. The summed E-state index contributed by atoms with van der Waals surface area (Å²) in [6.07, 6.45) is 56.0. The third kappa shape index (κ3) is 83.7. The van der Waals surface area contributed by atoms with Crippen LogP contribution in [0.1, 0.15) is 329 Å². The number of rotatable bonds is 74. The zero-order valence-electron chi connectivity index (χ0n) is 72.5. The van der Waals surface area contributed by atoms with Crippen molar-refractivity contribution >= 4 is 146 Å². The van der Waals surface area contributed by atoms with Gasteiger partial charge in [-0.1, -0.05) is 154 Å². The summed E-state index contributed by atoms with van der Waals surface area (Å²) in [5.74, 6) is -1.04. The van der Waals surface area contributed by atoms with E-state index in [-0.39, 0.29) is 146 Å². The van der Waals surface area contributed by atoms with Crippen LogP contribution in [-0.2, 0) is 38.4 Å². The summed E-state index contributed by atoms with van der Waals surface area (Å²) in [5.41, 5.74) is 34.9. The van der Waals surface area contributed by atoms with Crippen LogP contribution in [0.2, 0.25) is 0 Å². The van der Waals surface area contributed by atoms with Crippen LogP contribution in [0.3, 0.4) is 0 Å². The number of nitrogens with two attached hydrogens (primary N) is 6. The fourth-order valence-electron chi connectivity index (χ4n) is 13.1. The molecule has 1 fully saturated rings. The minimum Gasteiger partial charge on any atom is -0.355 e. The monoisotopic (exact) mass is 1820 g/mol. The van der Waals surface area contributed by atoms with Gasteiger partial charge in [0, 0.05) is 71.7 Å². The predicted molar refractivity (Wildman–Crippen MR) is 506 cm³/mol. The molecular weight excluding hydrogens is 1640 g/mol. The molecule has 116 heavy (non-hydrogen) atoms. The van der Waals surface area contributed by atoms with E-state index in [0.29, 0.717) is 142 Å². The van der Waals surface area contributed by atoms with E-state index in [9.17, 15) is 38.4 Å². The minimum absolute atomic E-state index is 0. The van der Waals surface area contributed by atoms with E-state index in [0.717, 1.165) is 136 Å². The summed E-state index contributed by atoms with van der Waals surface area (Å²) >= 11 is 0. The van der Waals surface area contributed by atoms with Crippen molar-refractivity contribution in [3.8, 4) is 0 Å². The number of hydrogen-bond acceptors (Lipinski definition) is 17. The van der Waals surface area contributed by atoms with Crippen LogP contribution in [0.15, 0.2) is 24.3 Å². The molecule has 1 aliphatic heterocycles. The van der Waals surface area contributed by atoms with Gasteiger partial charge in [0.1, 0.15) is 6.04 Å². The first-order chi connectivity index (χ1) is 52.4. The summed E-state index contributed by atoms with van der Waals surface area (Å²) in [5, 5.41) is 23.7. The molecule has 0 aromatic carbocycles. The second kappa shape index (κ2) is 97.8. The zero-order valence-corrected chi connectivity index (χ0v) is 79.0. The number of carbonyl (C=O) groups is 8. The van der Waals surface area contributed by atoms with E-state index in [1.54, 1.807) is 0 Å². The van der Waals surface area contributed by atoms with Crippen LogP contribution in [0.25, 0.3) is 0 Å². The van der Waals surface area contributed by atoms with Crippen molar-refractivity contribution in [3.63, 3.8) is 0 Å². The van der Waals surface area contributed by atoms with Gasteiger partial charge in [-0.25, -0.2) is 0 Å². The third-order valence-corrected chi connectivity index (χ3v) is 20.3. The molecule has 0 aromatic heterocycles. The highest BCUT2D eigenvalue weighted by molar-refractivity contribution is 5.89. The fourth-order valence-corrected chi connectivity index (χ4v) is 13.1. The first kappa shape index (κ1) is 131. The van der Waals surface area contributed by atoms with E-state index >= 15 is 0 Å². The molecule has 6 unspecified atom stereocenters. The molecule has 694 valence electrons. The summed E-state index contributed by atoms with van der Waals surface area (Å²) in [6, 6.07) is -3.36. The summed E-state index contributed by atoms with van der Waals surface area (Å²) < 4.78 is 0. The Labute approximate surface area is 754 Å². The number of halogens is 8. The average Bonchev–Trinajstić information content (AvgIpc) is 0.916. The van der Waals surface area contributed by atoms with E-state index in [1.807, 2.05) is 7.05 Å². The Balaban J connectivity index is -0.000000271. The molecule has 20 N–H and O–H groups in total. The first-order valence-corrected chi connectivity index (χ1v) is 43.7.